The number of ether oxygens (including phenoxy) is 1. The summed E-state index contributed by atoms with van der Waals surface area (Å²) in [5, 5.41) is 0. The number of hydrogen-bond donors (Lipinski definition) is 0. The lowest BCUT2D eigenvalue weighted by molar-refractivity contribution is 0.183. The van der Waals surface area contributed by atoms with Crippen LogP contribution in [0, 0.1) is 0 Å². The third-order valence-corrected chi connectivity index (χ3v) is 2.61. The van der Waals surface area contributed by atoms with Crippen molar-refractivity contribution in [3.05, 3.63) is 17.0 Å². The largest absolute Gasteiger partial charge is 0.383 e. The fraction of sp³-hybridized carbons (Fsp3) is 0.556. The van der Waals surface area contributed by atoms with E-state index in [1.54, 1.807) is 13.3 Å². The third kappa shape index (κ3) is 2.65. The first-order valence-electron chi connectivity index (χ1n) is 4.34. The van der Waals surface area contributed by atoms with Gasteiger partial charge in [0.1, 0.15) is 12.1 Å². The van der Waals surface area contributed by atoms with Gasteiger partial charge in [-0.3, -0.25) is 0 Å². The van der Waals surface area contributed by atoms with Crippen molar-refractivity contribution in [2.24, 2.45) is 0 Å². The Labute approximate surface area is 92.4 Å². The van der Waals surface area contributed by atoms with Crippen molar-refractivity contribution in [2.45, 2.75) is 13.0 Å². The van der Waals surface area contributed by atoms with Gasteiger partial charge < -0.3 is 9.64 Å². The molecule has 0 amide bonds. The van der Waals surface area contributed by atoms with E-state index in [1.807, 2.05) is 7.05 Å². The molecule has 0 aliphatic rings. The molecule has 0 spiro atoms. The van der Waals surface area contributed by atoms with Crippen LogP contribution >= 0.6 is 15.9 Å². The van der Waals surface area contributed by atoms with E-state index in [-0.39, 0.29) is 6.04 Å². The number of likely N-dealkylation sites (N-methyl/N-ethyl adjacent to an activating group) is 1. The van der Waals surface area contributed by atoms with E-state index in [0.29, 0.717) is 6.61 Å². The third-order valence-electron chi connectivity index (χ3n) is 2.05. The standard InChI is InChI=1S/C9H14BrN3O/c1-7(5-14-3)13(2)9-8(10)4-11-6-12-9/h4,6-7H,5H2,1-3H3. The number of halogens is 1. The number of hydrogen-bond acceptors (Lipinski definition) is 4. The molecule has 1 unspecified atom stereocenters. The number of nitrogens with zero attached hydrogens (tertiary/aromatic N) is 3. The Hall–Kier alpha value is -0.680. The van der Waals surface area contributed by atoms with Gasteiger partial charge in [-0.05, 0) is 22.9 Å². The maximum Gasteiger partial charge on any atom is 0.146 e. The Kier molecular flexibility index (Phi) is 4.28. The molecule has 1 atom stereocenters. The molecule has 1 aromatic heterocycles. The molecule has 0 saturated carbocycles. The summed E-state index contributed by atoms with van der Waals surface area (Å²) in [6, 6.07) is 0.284. The van der Waals surface area contributed by atoms with Crippen LogP contribution in [0.5, 0.6) is 0 Å². The van der Waals surface area contributed by atoms with Gasteiger partial charge in [-0.2, -0.15) is 0 Å². The molecule has 0 N–H and O–H groups in total. The first kappa shape index (κ1) is 11.4. The van der Waals surface area contributed by atoms with Gasteiger partial charge in [0.05, 0.1) is 17.1 Å². The smallest absolute Gasteiger partial charge is 0.146 e. The van der Waals surface area contributed by atoms with E-state index in [9.17, 15) is 0 Å². The number of methoxy groups -OCH3 is 1. The molecule has 1 heterocycles. The van der Waals surface area contributed by atoms with Crippen LogP contribution in [0.2, 0.25) is 0 Å². The van der Waals surface area contributed by atoms with Gasteiger partial charge >= 0.3 is 0 Å². The molecule has 0 fully saturated rings. The SMILES string of the molecule is COCC(C)N(C)c1ncncc1Br. The fourth-order valence-corrected chi connectivity index (χ4v) is 1.63. The van der Waals surface area contributed by atoms with Gasteiger partial charge in [0.25, 0.3) is 0 Å². The van der Waals surface area contributed by atoms with Crippen molar-refractivity contribution in [1.29, 1.82) is 0 Å². The Bertz CT molecular complexity index is 295. The zero-order chi connectivity index (χ0) is 10.6. The quantitative estimate of drug-likeness (QED) is 0.826. The zero-order valence-corrected chi connectivity index (χ0v) is 10.2. The summed E-state index contributed by atoms with van der Waals surface area (Å²) >= 11 is 3.41. The summed E-state index contributed by atoms with van der Waals surface area (Å²) in [5.74, 6) is 0.879. The fourth-order valence-electron chi connectivity index (χ4n) is 1.13. The topological polar surface area (TPSA) is 38.2 Å². The van der Waals surface area contributed by atoms with Gasteiger partial charge in [0, 0.05) is 20.4 Å². The highest BCUT2D eigenvalue weighted by atomic mass is 79.9. The molecule has 0 aliphatic carbocycles. The molecule has 1 aromatic rings. The maximum atomic E-state index is 5.09. The van der Waals surface area contributed by atoms with E-state index in [1.165, 1.54) is 6.33 Å². The van der Waals surface area contributed by atoms with Crippen LogP contribution in [0.1, 0.15) is 6.92 Å². The molecule has 78 valence electrons. The predicted molar refractivity (Wildman–Crippen MR) is 59.5 cm³/mol. The first-order valence-corrected chi connectivity index (χ1v) is 5.13. The summed E-state index contributed by atoms with van der Waals surface area (Å²) < 4.78 is 5.98. The van der Waals surface area contributed by atoms with Crippen molar-refractivity contribution in [1.82, 2.24) is 9.97 Å². The average Bonchev–Trinajstić information content (AvgIpc) is 2.18. The predicted octanol–water partition coefficient (Wildman–Crippen LogP) is 1.71. The first-order chi connectivity index (χ1) is 6.66. The van der Waals surface area contributed by atoms with Crippen molar-refractivity contribution in [3.63, 3.8) is 0 Å². The lowest BCUT2D eigenvalue weighted by atomic mass is 10.3. The summed E-state index contributed by atoms with van der Waals surface area (Å²) in [7, 11) is 3.68. The van der Waals surface area contributed by atoms with Gasteiger partial charge in [-0.15, -0.1) is 0 Å². The van der Waals surface area contributed by atoms with Crippen LogP contribution in [-0.4, -0.2) is 36.8 Å². The van der Waals surface area contributed by atoms with Crippen LogP contribution < -0.4 is 4.90 Å². The summed E-state index contributed by atoms with van der Waals surface area (Å²) in [6.07, 6.45) is 3.27. The molecule has 1 rings (SSSR count). The number of anilines is 1. The summed E-state index contributed by atoms with van der Waals surface area (Å²) in [5.41, 5.74) is 0. The molecular weight excluding hydrogens is 246 g/mol. The van der Waals surface area contributed by atoms with E-state index in [4.69, 9.17) is 4.74 Å². The number of rotatable bonds is 4. The minimum absolute atomic E-state index is 0.284. The van der Waals surface area contributed by atoms with Gasteiger partial charge in [-0.25, -0.2) is 9.97 Å². The Morgan fingerprint density at radius 3 is 2.93 bits per heavy atom. The van der Waals surface area contributed by atoms with Crippen molar-refractivity contribution in [2.75, 3.05) is 25.7 Å². The molecule has 0 saturated heterocycles. The monoisotopic (exact) mass is 259 g/mol. The highest BCUT2D eigenvalue weighted by Crippen LogP contribution is 2.22. The molecule has 0 radical (unpaired) electrons. The lowest BCUT2D eigenvalue weighted by Crippen LogP contribution is -2.33. The van der Waals surface area contributed by atoms with Crippen LogP contribution in [-0.2, 0) is 4.74 Å². The van der Waals surface area contributed by atoms with E-state index in [2.05, 4.69) is 37.7 Å². The maximum absolute atomic E-state index is 5.09. The molecule has 0 bridgehead atoms. The summed E-state index contributed by atoms with van der Waals surface area (Å²) in [6.45, 7) is 2.75. The molecule has 0 aliphatic heterocycles. The van der Waals surface area contributed by atoms with Crippen molar-refractivity contribution in [3.8, 4) is 0 Å². The molecular formula is C9H14BrN3O. The van der Waals surface area contributed by atoms with Crippen molar-refractivity contribution < 1.29 is 4.74 Å². The molecule has 4 nitrogen and oxygen atoms in total. The lowest BCUT2D eigenvalue weighted by Gasteiger charge is -2.25. The minimum atomic E-state index is 0.284. The summed E-state index contributed by atoms with van der Waals surface area (Å²) in [4.78, 5) is 10.2. The van der Waals surface area contributed by atoms with Crippen LogP contribution in [0.25, 0.3) is 0 Å². The number of aromatic nitrogens is 2. The van der Waals surface area contributed by atoms with Crippen LogP contribution in [0.4, 0.5) is 5.82 Å². The second kappa shape index (κ2) is 5.26. The van der Waals surface area contributed by atoms with Crippen LogP contribution in [0.15, 0.2) is 17.0 Å². The average molecular weight is 260 g/mol. The van der Waals surface area contributed by atoms with Gasteiger partial charge in [-0.1, -0.05) is 0 Å². The Morgan fingerprint density at radius 2 is 2.36 bits per heavy atom. The second-order valence-electron chi connectivity index (χ2n) is 3.11. The second-order valence-corrected chi connectivity index (χ2v) is 3.96. The Morgan fingerprint density at radius 1 is 1.64 bits per heavy atom. The molecule has 14 heavy (non-hydrogen) atoms. The van der Waals surface area contributed by atoms with Crippen molar-refractivity contribution >= 4 is 21.7 Å². The van der Waals surface area contributed by atoms with E-state index >= 15 is 0 Å². The molecule has 0 aromatic carbocycles. The normalized spacial score (nSPS) is 12.6. The zero-order valence-electron chi connectivity index (χ0n) is 8.57. The van der Waals surface area contributed by atoms with Crippen LogP contribution in [0.3, 0.4) is 0 Å². The highest BCUT2D eigenvalue weighted by Gasteiger charge is 2.13. The Balaban J connectivity index is 2.78. The highest BCUT2D eigenvalue weighted by molar-refractivity contribution is 9.10. The van der Waals surface area contributed by atoms with Gasteiger partial charge in [0.15, 0.2) is 0 Å². The molecule has 5 heteroatoms. The van der Waals surface area contributed by atoms with E-state index in [0.717, 1.165) is 10.3 Å². The van der Waals surface area contributed by atoms with Gasteiger partial charge in [0.2, 0.25) is 0 Å². The minimum Gasteiger partial charge on any atom is -0.383 e. The van der Waals surface area contributed by atoms with E-state index < -0.39 is 0 Å².